The van der Waals surface area contributed by atoms with Crippen molar-refractivity contribution in [2.75, 3.05) is 19.7 Å². The fraction of sp³-hybridized carbons (Fsp3) is 0.375. The Kier molecular flexibility index (Phi) is 7.65. The zero-order valence-corrected chi connectivity index (χ0v) is 17.9. The maximum Gasteiger partial charge on any atom is 0.308 e. The van der Waals surface area contributed by atoms with Gasteiger partial charge in [0.15, 0.2) is 0 Å². The fourth-order valence-corrected chi connectivity index (χ4v) is 3.24. The van der Waals surface area contributed by atoms with Crippen LogP contribution in [0, 0.1) is 5.92 Å². The number of rotatable bonds is 8. The highest BCUT2D eigenvalue weighted by atomic mass is 16.5. The van der Waals surface area contributed by atoms with Gasteiger partial charge >= 0.3 is 5.97 Å². The third kappa shape index (κ3) is 6.31. The molecule has 3 rings (SSSR count). The van der Waals surface area contributed by atoms with E-state index in [2.05, 4.69) is 19.2 Å². The number of ether oxygens (including phenoxy) is 2. The third-order valence-corrected chi connectivity index (χ3v) is 4.88. The molecule has 2 aromatic rings. The molecule has 164 valence electrons. The van der Waals surface area contributed by atoms with Crippen LogP contribution in [0.25, 0.3) is 0 Å². The molecule has 1 saturated heterocycles. The van der Waals surface area contributed by atoms with E-state index in [1.54, 1.807) is 24.3 Å². The summed E-state index contributed by atoms with van der Waals surface area (Å²) in [6.45, 7) is 5.50. The quantitative estimate of drug-likeness (QED) is 0.659. The Morgan fingerprint density at radius 3 is 2.48 bits per heavy atom. The molecule has 1 heterocycles. The first-order chi connectivity index (χ1) is 14.9. The van der Waals surface area contributed by atoms with Gasteiger partial charge < -0.3 is 19.7 Å². The van der Waals surface area contributed by atoms with Crippen molar-refractivity contribution in [2.24, 2.45) is 5.92 Å². The van der Waals surface area contributed by atoms with Gasteiger partial charge in [0.05, 0.1) is 13.0 Å². The highest BCUT2D eigenvalue weighted by Crippen LogP contribution is 2.18. The maximum absolute atomic E-state index is 13.0. The molecule has 1 aliphatic heterocycles. The Bertz CT molecular complexity index is 896. The maximum atomic E-state index is 13.0. The lowest BCUT2D eigenvalue weighted by atomic mass is 10.1. The van der Waals surface area contributed by atoms with Crippen LogP contribution in [-0.4, -0.2) is 48.4 Å². The summed E-state index contributed by atoms with van der Waals surface area (Å²) in [7, 11) is 0. The van der Waals surface area contributed by atoms with E-state index in [4.69, 9.17) is 9.47 Å². The van der Waals surface area contributed by atoms with Gasteiger partial charge in [-0.25, -0.2) is 0 Å². The van der Waals surface area contributed by atoms with Crippen molar-refractivity contribution in [1.29, 1.82) is 0 Å². The summed E-state index contributed by atoms with van der Waals surface area (Å²) in [6.07, 6.45) is -0.194. The number of esters is 1. The predicted octanol–water partition coefficient (Wildman–Crippen LogP) is 2.80. The van der Waals surface area contributed by atoms with Crippen molar-refractivity contribution >= 4 is 17.8 Å². The topological polar surface area (TPSA) is 84.9 Å². The first-order valence-corrected chi connectivity index (χ1v) is 10.4. The lowest BCUT2D eigenvalue weighted by Gasteiger charge is -2.34. The monoisotopic (exact) mass is 424 g/mol. The van der Waals surface area contributed by atoms with Crippen LogP contribution in [0.4, 0.5) is 0 Å². The molecule has 0 spiro atoms. The van der Waals surface area contributed by atoms with Gasteiger partial charge in [0.2, 0.25) is 5.91 Å². The van der Waals surface area contributed by atoms with Crippen molar-refractivity contribution in [3.8, 4) is 5.75 Å². The third-order valence-electron chi connectivity index (χ3n) is 4.88. The highest BCUT2D eigenvalue weighted by molar-refractivity contribution is 5.99. The molecule has 0 saturated carbocycles. The summed E-state index contributed by atoms with van der Waals surface area (Å²) in [4.78, 5) is 39.3. The molecule has 1 fully saturated rings. The van der Waals surface area contributed by atoms with Crippen molar-refractivity contribution in [3.05, 3.63) is 65.7 Å². The van der Waals surface area contributed by atoms with Crippen LogP contribution in [-0.2, 0) is 20.9 Å². The lowest BCUT2D eigenvalue weighted by molar-refractivity contribution is -0.148. The number of benzene rings is 2. The molecule has 0 bridgehead atoms. The zero-order chi connectivity index (χ0) is 22.2. The van der Waals surface area contributed by atoms with Crippen LogP contribution in [0.3, 0.4) is 0 Å². The van der Waals surface area contributed by atoms with Crippen LogP contribution in [0.1, 0.15) is 36.2 Å². The molecule has 1 atom stereocenters. The van der Waals surface area contributed by atoms with E-state index in [0.717, 1.165) is 5.56 Å². The van der Waals surface area contributed by atoms with Gasteiger partial charge in [0, 0.05) is 18.7 Å². The van der Waals surface area contributed by atoms with E-state index in [1.165, 1.54) is 4.90 Å². The van der Waals surface area contributed by atoms with Gasteiger partial charge in [0.25, 0.3) is 5.91 Å². The zero-order valence-electron chi connectivity index (χ0n) is 17.9. The van der Waals surface area contributed by atoms with Gasteiger partial charge in [-0.1, -0.05) is 44.2 Å². The number of nitrogens with one attached hydrogen (secondary N) is 1. The Labute approximate surface area is 182 Å². The molecule has 7 nitrogen and oxygen atoms in total. The minimum absolute atomic E-state index is 0.125. The van der Waals surface area contributed by atoms with Crippen molar-refractivity contribution < 1.29 is 23.9 Å². The molecule has 31 heavy (non-hydrogen) atoms. The molecule has 1 aliphatic rings. The molecule has 0 radical (unpaired) electrons. The van der Waals surface area contributed by atoms with E-state index in [9.17, 15) is 14.4 Å². The van der Waals surface area contributed by atoms with Gasteiger partial charge in [-0.3, -0.25) is 14.4 Å². The van der Waals surface area contributed by atoms with Gasteiger partial charge in [-0.15, -0.1) is 0 Å². The number of amides is 2. The van der Waals surface area contributed by atoms with Gasteiger partial charge in [0.1, 0.15) is 18.4 Å². The molecule has 0 aliphatic carbocycles. The fourth-order valence-electron chi connectivity index (χ4n) is 3.24. The molecule has 2 aromatic carbocycles. The summed E-state index contributed by atoms with van der Waals surface area (Å²) in [5, 5.41) is 2.72. The summed E-state index contributed by atoms with van der Waals surface area (Å²) < 4.78 is 11.0. The predicted molar refractivity (Wildman–Crippen MR) is 115 cm³/mol. The van der Waals surface area contributed by atoms with Crippen molar-refractivity contribution in [2.45, 2.75) is 32.9 Å². The van der Waals surface area contributed by atoms with Crippen LogP contribution in [0.2, 0.25) is 0 Å². The van der Waals surface area contributed by atoms with Crippen LogP contribution in [0.5, 0.6) is 5.75 Å². The van der Waals surface area contributed by atoms with E-state index >= 15 is 0 Å². The Morgan fingerprint density at radius 2 is 1.81 bits per heavy atom. The van der Waals surface area contributed by atoms with Crippen molar-refractivity contribution in [3.63, 3.8) is 0 Å². The summed E-state index contributed by atoms with van der Waals surface area (Å²) in [5.74, 6) is -0.0985. The smallest absolute Gasteiger partial charge is 0.308 e. The molecule has 7 heteroatoms. The van der Waals surface area contributed by atoms with Crippen LogP contribution >= 0.6 is 0 Å². The Morgan fingerprint density at radius 1 is 1.10 bits per heavy atom. The van der Waals surface area contributed by atoms with Gasteiger partial charge in [-0.2, -0.15) is 0 Å². The first-order valence-electron chi connectivity index (χ1n) is 10.4. The number of hydrogen-bond acceptors (Lipinski definition) is 5. The number of hydrogen-bond donors (Lipinski definition) is 1. The van der Waals surface area contributed by atoms with E-state index in [0.29, 0.717) is 36.9 Å². The molecule has 0 aromatic heterocycles. The van der Waals surface area contributed by atoms with Crippen LogP contribution < -0.4 is 10.1 Å². The summed E-state index contributed by atoms with van der Waals surface area (Å²) in [5.41, 5.74) is 1.30. The Hall–Kier alpha value is -3.35. The summed E-state index contributed by atoms with van der Waals surface area (Å²) >= 11 is 0. The standard InChI is InChI=1S/C24H28N2O5/c1-17(2)15-30-20-10-8-19(9-11-20)24(29)26-13-12-25-23(28)21(26)14-22(27)31-16-18-6-4-3-5-7-18/h3-11,17,21H,12-16H2,1-2H3,(H,25,28)/t21-/m0/s1. The number of nitrogens with zero attached hydrogens (tertiary/aromatic N) is 1. The van der Waals surface area contributed by atoms with E-state index in [1.807, 2.05) is 30.3 Å². The number of carbonyl (C=O) groups excluding carboxylic acids is 3. The normalized spacial score (nSPS) is 16.0. The second-order valence-electron chi connectivity index (χ2n) is 7.89. The molecule has 0 unspecified atom stereocenters. The highest BCUT2D eigenvalue weighted by Gasteiger charge is 2.35. The largest absolute Gasteiger partial charge is 0.493 e. The van der Waals surface area contributed by atoms with Gasteiger partial charge in [-0.05, 0) is 35.7 Å². The van der Waals surface area contributed by atoms with E-state index < -0.39 is 12.0 Å². The average molecular weight is 424 g/mol. The minimum Gasteiger partial charge on any atom is -0.493 e. The average Bonchev–Trinajstić information content (AvgIpc) is 2.78. The molecule has 2 amide bonds. The molecule has 1 N–H and O–H groups in total. The molecular formula is C24H28N2O5. The number of carbonyl (C=O) groups is 3. The second-order valence-corrected chi connectivity index (χ2v) is 7.89. The SMILES string of the molecule is CC(C)COc1ccc(C(=O)N2CCNC(=O)[C@@H]2CC(=O)OCc2ccccc2)cc1. The minimum atomic E-state index is -0.901. The Balaban J connectivity index is 1.63. The lowest BCUT2D eigenvalue weighted by Crippen LogP contribution is -2.57. The van der Waals surface area contributed by atoms with Crippen molar-refractivity contribution in [1.82, 2.24) is 10.2 Å². The molecular weight excluding hydrogens is 396 g/mol. The second kappa shape index (κ2) is 10.6. The first kappa shape index (κ1) is 22.3. The van der Waals surface area contributed by atoms with E-state index in [-0.39, 0.29) is 24.8 Å². The summed E-state index contributed by atoms with van der Waals surface area (Å²) in [6, 6.07) is 15.2. The number of piperazine rings is 1. The van der Waals surface area contributed by atoms with Crippen LogP contribution in [0.15, 0.2) is 54.6 Å².